The van der Waals surface area contributed by atoms with E-state index in [0.717, 1.165) is 30.4 Å². The largest absolute Gasteiger partial charge is 0.373 e. The fourth-order valence-corrected chi connectivity index (χ4v) is 2.31. The Bertz CT molecular complexity index is 335. The lowest BCUT2D eigenvalue weighted by Crippen LogP contribution is -2.07. The van der Waals surface area contributed by atoms with E-state index in [1.54, 1.807) is 0 Å². The first-order valence-corrected chi connectivity index (χ1v) is 8.48. The van der Waals surface area contributed by atoms with Crippen molar-refractivity contribution in [1.29, 1.82) is 0 Å². The van der Waals surface area contributed by atoms with Gasteiger partial charge in [-0.1, -0.05) is 19.8 Å². The quantitative estimate of drug-likeness (QED) is 0.644. The minimum absolute atomic E-state index is 0.860. The Morgan fingerprint density at radius 2 is 1.84 bits per heavy atom. The van der Waals surface area contributed by atoms with Crippen LogP contribution in [-0.2, 0) is 6.42 Å². The van der Waals surface area contributed by atoms with Crippen molar-refractivity contribution >= 4 is 23.4 Å². The molecule has 0 atom stereocenters. The van der Waals surface area contributed by atoms with Crippen LogP contribution in [0.2, 0.25) is 0 Å². The molecule has 0 spiro atoms. The molecule has 0 unspecified atom stereocenters. The molecular formula is C14H26N4S. The number of rotatable bonds is 10. The standard InChI is InChI=1S/C14H26N4S/c1-4-12-17-13(15-2)11-14(18-12)16-9-7-5-6-8-10-19-3/h11H,4-10H2,1-3H3,(H2,15,16,17,18). The lowest BCUT2D eigenvalue weighted by atomic mass is 10.2. The molecular weight excluding hydrogens is 256 g/mol. The Morgan fingerprint density at radius 3 is 2.53 bits per heavy atom. The van der Waals surface area contributed by atoms with Crippen LogP contribution in [0.15, 0.2) is 6.07 Å². The van der Waals surface area contributed by atoms with Gasteiger partial charge in [-0.3, -0.25) is 0 Å². The van der Waals surface area contributed by atoms with Crippen molar-refractivity contribution in [3.63, 3.8) is 0 Å². The fourth-order valence-electron chi connectivity index (χ4n) is 1.82. The molecule has 0 saturated heterocycles. The monoisotopic (exact) mass is 282 g/mol. The molecule has 0 saturated carbocycles. The molecule has 0 radical (unpaired) electrons. The Balaban J connectivity index is 2.28. The number of thioether (sulfide) groups is 1. The highest BCUT2D eigenvalue weighted by atomic mass is 32.2. The molecule has 0 aliphatic heterocycles. The van der Waals surface area contributed by atoms with Crippen molar-refractivity contribution in [2.75, 3.05) is 36.2 Å². The number of hydrogen-bond donors (Lipinski definition) is 2. The summed E-state index contributed by atoms with van der Waals surface area (Å²) in [6.45, 7) is 3.06. The summed E-state index contributed by atoms with van der Waals surface area (Å²) in [6, 6.07) is 1.97. The zero-order valence-electron chi connectivity index (χ0n) is 12.3. The smallest absolute Gasteiger partial charge is 0.132 e. The summed E-state index contributed by atoms with van der Waals surface area (Å²) < 4.78 is 0. The molecule has 1 heterocycles. The second-order valence-electron chi connectivity index (χ2n) is 4.49. The highest BCUT2D eigenvalue weighted by molar-refractivity contribution is 7.98. The van der Waals surface area contributed by atoms with Crippen LogP contribution in [0.25, 0.3) is 0 Å². The first-order valence-electron chi connectivity index (χ1n) is 7.08. The lowest BCUT2D eigenvalue weighted by Gasteiger charge is -2.09. The summed E-state index contributed by atoms with van der Waals surface area (Å²) >= 11 is 1.93. The van der Waals surface area contributed by atoms with Gasteiger partial charge in [-0.25, -0.2) is 9.97 Å². The van der Waals surface area contributed by atoms with E-state index in [4.69, 9.17) is 0 Å². The summed E-state index contributed by atoms with van der Waals surface area (Å²) in [5, 5.41) is 6.46. The van der Waals surface area contributed by atoms with Crippen molar-refractivity contribution < 1.29 is 0 Å². The van der Waals surface area contributed by atoms with Gasteiger partial charge in [-0.15, -0.1) is 0 Å². The van der Waals surface area contributed by atoms with Crippen molar-refractivity contribution in [2.45, 2.75) is 39.0 Å². The van der Waals surface area contributed by atoms with Gasteiger partial charge >= 0.3 is 0 Å². The maximum Gasteiger partial charge on any atom is 0.132 e. The number of nitrogens with zero attached hydrogens (tertiary/aromatic N) is 2. The summed E-state index contributed by atoms with van der Waals surface area (Å²) in [7, 11) is 1.89. The van der Waals surface area contributed by atoms with Crippen LogP contribution in [-0.4, -0.2) is 35.6 Å². The third kappa shape index (κ3) is 6.66. The van der Waals surface area contributed by atoms with Gasteiger partial charge in [0.25, 0.3) is 0 Å². The molecule has 0 aliphatic carbocycles. The number of unbranched alkanes of at least 4 members (excludes halogenated alkanes) is 3. The van der Waals surface area contributed by atoms with E-state index in [-0.39, 0.29) is 0 Å². The van der Waals surface area contributed by atoms with Crippen LogP contribution in [0.5, 0.6) is 0 Å². The van der Waals surface area contributed by atoms with E-state index in [9.17, 15) is 0 Å². The molecule has 0 bridgehead atoms. The third-order valence-electron chi connectivity index (χ3n) is 2.93. The van der Waals surface area contributed by atoms with Crippen LogP contribution >= 0.6 is 11.8 Å². The first kappa shape index (κ1) is 16.1. The Kier molecular flexibility index (Phi) is 8.38. The molecule has 5 heteroatoms. The van der Waals surface area contributed by atoms with Crippen LogP contribution in [0.3, 0.4) is 0 Å². The molecule has 0 fully saturated rings. The molecule has 2 N–H and O–H groups in total. The van der Waals surface area contributed by atoms with E-state index >= 15 is 0 Å². The summed E-state index contributed by atoms with van der Waals surface area (Å²) in [5.74, 6) is 3.98. The zero-order valence-corrected chi connectivity index (χ0v) is 13.1. The molecule has 0 aromatic carbocycles. The van der Waals surface area contributed by atoms with Gasteiger partial charge in [0, 0.05) is 26.1 Å². The van der Waals surface area contributed by atoms with Crippen molar-refractivity contribution in [2.24, 2.45) is 0 Å². The van der Waals surface area contributed by atoms with Gasteiger partial charge in [-0.2, -0.15) is 11.8 Å². The van der Waals surface area contributed by atoms with E-state index in [1.165, 1.54) is 31.4 Å². The Labute approximate surface area is 121 Å². The third-order valence-corrected chi connectivity index (χ3v) is 3.62. The predicted molar refractivity (Wildman–Crippen MR) is 86.3 cm³/mol. The van der Waals surface area contributed by atoms with Crippen molar-refractivity contribution in [1.82, 2.24) is 9.97 Å². The second kappa shape index (κ2) is 9.89. The average Bonchev–Trinajstić information content (AvgIpc) is 2.45. The molecule has 4 nitrogen and oxygen atoms in total. The molecule has 0 aliphatic rings. The first-order chi connectivity index (χ1) is 9.30. The van der Waals surface area contributed by atoms with E-state index < -0.39 is 0 Å². The van der Waals surface area contributed by atoms with E-state index in [1.807, 2.05) is 24.9 Å². The predicted octanol–water partition coefficient (Wildman–Crippen LogP) is 3.42. The number of aryl methyl sites for hydroxylation is 1. The number of anilines is 2. The SMILES string of the molecule is CCc1nc(NC)cc(NCCCCCCSC)n1. The normalized spacial score (nSPS) is 10.5. The minimum Gasteiger partial charge on any atom is -0.373 e. The second-order valence-corrected chi connectivity index (χ2v) is 5.48. The maximum atomic E-state index is 4.48. The van der Waals surface area contributed by atoms with Gasteiger partial charge in [0.05, 0.1) is 0 Å². The van der Waals surface area contributed by atoms with Gasteiger partial charge < -0.3 is 10.6 Å². The Morgan fingerprint density at radius 1 is 1.11 bits per heavy atom. The van der Waals surface area contributed by atoms with Crippen LogP contribution in [0.4, 0.5) is 11.6 Å². The van der Waals surface area contributed by atoms with Crippen LogP contribution < -0.4 is 10.6 Å². The molecule has 1 rings (SSSR count). The van der Waals surface area contributed by atoms with Crippen molar-refractivity contribution in [3.05, 3.63) is 11.9 Å². The van der Waals surface area contributed by atoms with Crippen LogP contribution in [0.1, 0.15) is 38.4 Å². The molecule has 1 aromatic heterocycles. The molecule has 19 heavy (non-hydrogen) atoms. The van der Waals surface area contributed by atoms with Gasteiger partial charge in [-0.05, 0) is 24.9 Å². The van der Waals surface area contributed by atoms with Gasteiger partial charge in [0.2, 0.25) is 0 Å². The maximum absolute atomic E-state index is 4.48. The Hall–Kier alpha value is -0.970. The van der Waals surface area contributed by atoms with Crippen LogP contribution in [0, 0.1) is 0 Å². The van der Waals surface area contributed by atoms with Crippen molar-refractivity contribution in [3.8, 4) is 0 Å². The highest BCUT2D eigenvalue weighted by Crippen LogP contribution is 2.12. The number of nitrogens with one attached hydrogen (secondary N) is 2. The fraction of sp³-hybridized carbons (Fsp3) is 0.714. The summed E-state index contributed by atoms with van der Waals surface area (Å²) in [5.41, 5.74) is 0. The topological polar surface area (TPSA) is 49.8 Å². The summed E-state index contributed by atoms with van der Waals surface area (Å²) in [4.78, 5) is 8.87. The molecule has 108 valence electrons. The summed E-state index contributed by atoms with van der Waals surface area (Å²) in [6.07, 6.45) is 8.18. The lowest BCUT2D eigenvalue weighted by molar-refractivity contribution is 0.688. The van der Waals surface area contributed by atoms with Gasteiger partial charge in [0.1, 0.15) is 17.5 Å². The zero-order chi connectivity index (χ0) is 13.9. The van der Waals surface area contributed by atoms with E-state index in [2.05, 4.69) is 33.8 Å². The molecule has 0 amide bonds. The van der Waals surface area contributed by atoms with Gasteiger partial charge in [0.15, 0.2) is 0 Å². The minimum atomic E-state index is 0.860. The number of aromatic nitrogens is 2. The molecule has 1 aromatic rings. The average molecular weight is 282 g/mol. The van der Waals surface area contributed by atoms with E-state index in [0.29, 0.717) is 0 Å². The number of hydrogen-bond acceptors (Lipinski definition) is 5. The highest BCUT2D eigenvalue weighted by Gasteiger charge is 2.01.